The molecule has 3 heterocycles. The number of carbonyl (C=O) groups excluding carboxylic acids is 1. The first-order chi connectivity index (χ1) is 17.3. The van der Waals surface area contributed by atoms with Crippen molar-refractivity contribution < 1.29 is 19.4 Å². The predicted molar refractivity (Wildman–Crippen MR) is 139 cm³/mol. The second kappa shape index (κ2) is 9.45. The fraction of sp³-hybridized carbons (Fsp3) is 0.483. The third kappa shape index (κ3) is 4.14. The van der Waals surface area contributed by atoms with Crippen LogP contribution >= 0.6 is 0 Å². The molecule has 0 radical (unpaired) electrons. The minimum absolute atomic E-state index is 0.00813. The molecule has 36 heavy (non-hydrogen) atoms. The average Bonchev–Trinajstić information content (AvgIpc) is 2.99. The van der Waals surface area contributed by atoms with E-state index in [9.17, 15) is 9.90 Å². The summed E-state index contributed by atoms with van der Waals surface area (Å²) in [7, 11) is 3.34. The van der Waals surface area contributed by atoms with E-state index in [4.69, 9.17) is 9.47 Å². The normalized spacial score (nSPS) is 20.6. The van der Waals surface area contributed by atoms with Crippen LogP contribution in [0, 0.1) is 0 Å². The molecule has 0 unspecified atom stereocenters. The molecule has 192 valence electrons. The summed E-state index contributed by atoms with van der Waals surface area (Å²) in [6.45, 7) is 7.85. The summed E-state index contributed by atoms with van der Waals surface area (Å²) in [4.78, 5) is 20.1. The van der Waals surface area contributed by atoms with Gasteiger partial charge in [-0.2, -0.15) is 0 Å². The molecule has 1 spiro atoms. The van der Waals surface area contributed by atoms with Crippen LogP contribution < -0.4 is 9.47 Å². The fourth-order valence-corrected chi connectivity index (χ4v) is 6.30. The number of amides is 2. The zero-order chi connectivity index (χ0) is 25.5. The number of β-amino-alcohol motifs (C(OH)–C–C–N with tert-alkyl or cyclic N) is 1. The van der Waals surface area contributed by atoms with Gasteiger partial charge in [-0.1, -0.05) is 44.2 Å². The number of fused-ring (bicyclic) bond motifs is 3. The highest BCUT2D eigenvalue weighted by molar-refractivity contribution is 5.83. The fourth-order valence-electron chi connectivity index (χ4n) is 6.30. The Balaban J connectivity index is 1.44. The summed E-state index contributed by atoms with van der Waals surface area (Å²) in [6, 6.07) is 14.5. The number of rotatable bonds is 6. The molecule has 0 aromatic heterocycles. The Hall–Kier alpha value is -3.03. The second-order valence-corrected chi connectivity index (χ2v) is 10.7. The van der Waals surface area contributed by atoms with Crippen molar-refractivity contribution in [1.29, 1.82) is 0 Å². The van der Waals surface area contributed by atoms with Crippen LogP contribution in [0.25, 0.3) is 0 Å². The van der Waals surface area contributed by atoms with Crippen molar-refractivity contribution in [3.63, 3.8) is 0 Å². The molecule has 3 aliphatic rings. The number of ether oxygens (including phenoxy) is 2. The lowest BCUT2D eigenvalue weighted by atomic mass is 9.77. The Bertz CT molecular complexity index is 1140. The largest absolute Gasteiger partial charge is 0.497 e. The molecule has 0 aliphatic carbocycles. The standard InChI is InChI=1S/C29H37N3O4/c1-28(2)18-26-29(32(13-14-33)27(34)31(26)20-22-7-5-6-8-25(22)28)9-11-30(12-10-29)19-21-15-23(35-3)17-24(16-21)36-4/h5-8,15-18,33H,9-14,19-20H2,1-4H3. The van der Waals surface area contributed by atoms with Gasteiger partial charge in [0.05, 0.1) is 32.9 Å². The molecule has 0 saturated carbocycles. The molecule has 2 aromatic rings. The lowest BCUT2D eigenvalue weighted by Crippen LogP contribution is -2.54. The maximum Gasteiger partial charge on any atom is 0.325 e. The molecule has 0 atom stereocenters. The van der Waals surface area contributed by atoms with Gasteiger partial charge in [0, 0.05) is 43.4 Å². The van der Waals surface area contributed by atoms with Gasteiger partial charge in [-0.3, -0.25) is 9.80 Å². The zero-order valence-electron chi connectivity index (χ0n) is 21.8. The van der Waals surface area contributed by atoms with Gasteiger partial charge in [0.25, 0.3) is 0 Å². The van der Waals surface area contributed by atoms with Crippen molar-refractivity contribution in [3.8, 4) is 11.5 Å². The number of aliphatic hydroxyl groups is 1. The van der Waals surface area contributed by atoms with Gasteiger partial charge in [0.2, 0.25) is 0 Å². The molecule has 2 amide bonds. The molecule has 0 bridgehead atoms. The van der Waals surface area contributed by atoms with E-state index in [1.807, 2.05) is 21.9 Å². The van der Waals surface area contributed by atoms with Crippen LogP contribution in [0.15, 0.2) is 54.2 Å². The number of hydrogen-bond acceptors (Lipinski definition) is 5. The molecule has 2 fully saturated rings. The van der Waals surface area contributed by atoms with E-state index >= 15 is 0 Å². The van der Waals surface area contributed by atoms with Crippen LogP contribution in [0.4, 0.5) is 4.79 Å². The Morgan fingerprint density at radius 3 is 2.31 bits per heavy atom. The van der Waals surface area contributed by atoms with Crippen molar-refractivity contribution in [1.82, 2.24) is 14.7 Å². The van der Waals surface area contributed by atoms with Crippen molar-refractivity contribution >= 4 is 6.03 Å². The van der Waals surface area contributed by atoms with Crippen LogP contribution in [-0.2, 0) is 18.5 Å². The summed E-state index contributed by atoms with van der Waals surface area (Å²) < 4.78 is 10.9. The summed E-state index contributed by atoms with van der Waals surface area (Å²) >= 11 is 0. The van der Waals surface area contributed by atoms with Crippen molar-refractivity contribution in [2.24, 2.45) is 0 Å². The number of methoxy groups -OCH3 is 2. The Morgan fingerprint density at radius 2 is 1.67 bits per heavy atom. The molecule has 2 aromatic carbocycles. The highest BCUT2D eigenvalue weighted by atomic mass is 16.5. The molecular weight excluding hydrogens is 454 g/mol. The van der Waals surface area contributed by atoms with Gasteiger partial charge in [-0.25, -0.2) is 4.79 Å². The van der Waals surface area contributed by atoms with E-state index < -0.39 is 5.54 Å². The third-order valence-electron chi connectivity index (χ3n) is 8.11. The topological polar surface area (TPSA) is 65.5 Å². The molecular formula is C29H37N3O4. The third-order valence-corrected chi connectivity index (χ3v) is 8.11. The van der Waals surface area contributed by atoms with Crippen molar-refractivity contribution in [3.05, 3.63) is 70.9 Å². The van der Waals surface area contributed by atoms with Crippen LogP contribution in [0.5, 0.6) is 11.5 Å². The number of allylic oxidation sites excluding steroid dienone is 1. The molecule has 2 saturated heterocycles. The number of piperidine rings is 1. The zero-order valence-corrected chi connectivity index (χ0v) is 21.8. The van der Waals surface area contributed by atoms with E-state index in [-0.39, 0.29) is 18.1 Å². The van der Waals surface area contributed by atoms with E-state index in [1.54, 1.807) is 14.2 Å². The average molecular weight is 492 g/mol. The molecule has 3 aliphatic heterocycles. The molecule has 7 nitrogen and oxygen atoms in total. The highest BCUT2D eigenvalue weighted by Crippen LogP contribution is 2.48. The van der Waals surface area contributed by atoms with Crippen LogP contribution in [-0.4, -0.2) is 71.8 Å². The first-order valence-corrected chi connectivity index (χ1v) is 12.8. The van der Waals surface area contributed by atoms with E-state index in [0.29, 0.717) is 13.1 Å². The van der Waals surface area contributed by atoms with Gasteiger partial charge in [0.15, 0.2) is 0 Å². The highest BCUT2D eigenvalue weighted by Gasteiger charge is 2.55. The monoisotopic (exact) mass is 491 g/mol. The minimum atomic E-state index is -0.401. The van der Waals surface area contributed by atoms with Gasteiger partial charge in [-0.05, 0) is 41.7 Å². The lowest BCUT2D eigenvalue weighted by Gasteiger charge is -2.45. The minimum Gasteiger partial charge on any atom is -0.497 e. The van der Waals surface area contributed by atoms with E-state index in [0.717, 1.165) is 55.2 Å². The number of aliphatic hydroxyl groups excluding tert-OH is 1. The Kier molecular flexibility index (Phi) is 6.47. The van der Waals surface area contributed by atoms with Crippen LogP contribution in [0.1, 0.15) is 43.4 Å². The number of nitrogens with zero attached hydrogens (tertiary/aromatic N) is 3. The van der Waals surface area contributed by atoms with E-state index in [1.165, 1.54) is 11.1 Å². The lowest BCUT2D eigenvalue weighted by molar-refractivity contribution is 0.0744. The van der Waals surface area contributed by atoms with Gasteiger partial charge < -0.3 is 19.5 Å². The molecule has 1 N–H and O–H groups in total. The smallest absolute Gasteiger partial charge is 0.325 e. The van der Waals surface area contributed by atoms with Crippen molar-refractivity contribution in [2.75, 3.05) is 40.5 Å². The second-order valence-electron chi connectivity index (χ2n) is 10.7. The maximum absolute atomic E-state index is 13.7. The summed E-state index contributed by atoms with van der Waals surface area (Å²) in [5.41, 5.74) is 4.10. The van der Waals surface area contributed by atoms with E-state index in [2.05, 4.69) is 55.2 Å². The summed E-state index contributed by atoms with van der Waals surface area (Å²) in [6.07, 6.45) is 3.97. The Morgan fingerprint density at radius 1 is 1.00 bits per heavy atom. The number of urea groups is 1. The van der Waals surface area contributed by atoms with Crippen LogP contribution in [0.3, 0.4) is 0 Å². The number of carbonyl (C=O) groups is 1. The Labute approximate surface area is 213 Å². The first kappa shape index (κ1) is 24.7. The predicted octanol–water partition coefficient (Wildman–Crippen LogP) is 4.14. The summed E-state index contributed by atoms with van der Waals surface area (Å²) in [5.74, 6) is 1.57. The van der Waals surface area contributed by atoms with Gasteiger partial charge in [-0.15, -0.1) is 0 Å². The van der Waals surface area contributed by atoms with Gasteiger partial charge in [0.1, 0.15) is 11.5 Å². The quantitative estimate of drug-likeness (QED) is 0.658. The van der Waals surface area contributed by atoms with Crippen LogP contribution in [0.2, 0.25) is 0 Å². The number of benzene rings is 2. The first-order valence-electron chi connectivity index (χ1n) is 12.8. The molecule has 7 heteroatoms. The SMILES string of the molecule is COc1cc(CN2CCC3(CC2)C2=CC(C)(C)c4ccccc4CN2C(=O)N3CCO)cc(OC)c1. The van der Waals surface area contributed by atoms with Gasteiger partial charge >= 0.3 is 6.03 Å². The number of likely N-dealkylation sites (tertiary alicyclic amines) is 1. The van der Waals surface area contributed by atoms with Crippen molar-refractivity contribution in [2.45, 2.75) is 50.7 Å². The maximum atomic E-state index is 13.7. The molecule has 5 rings (SSSR count). The summed E-state index contributed by atoms with van der Waals surface area (Å²) in [5, 5.41) is 9.89. The number of hydrogen-bond donors (Lipinski definition) is 1.